The van der Waals surface area contributed by atoms with Gasteiger partial charge in [0.15, 0.2) is 0 Å². The zero-order valence-electron chi connectivity index (χ0n) is 12.9. The fraction of sp³-hybridized carbons (Fsp3) is 0.533. The molecule has 0 spiro atoms. The van der Waals surface area contributed by atoms with E-state index in [0.29, 0.717) is 25.1 Å². The average Bonchev–Trinajstić information content (AvgIpc) is 2.51. The number of hydrogen-bond acceptors (Lipinski definition) is 4. The molecule has 1 aromatic rings. The van der Waals surface area contributed by atoms with Gasteiger partial charge in [0.1, 0.15) is 5.75 Å². The molecule has 0 aromatic heterocycles. The van der Waals surface area contributed by atoms with Gasteiger partial charge in [-0.3, -0.25) is 4.79 Å². The van der Waals surface area contributed by atoms with E-state index >= 15 is 0 Å². The van der Waals surface area contributed by atoms with Crippen LogP contribution in [0.4, 0.5) is 5.69 Å². The molecule has 1 aromatic carbocycles. The minimum atomic E-state index is -3.27. The average molecular weight is 326 g/mol. The molecule has 0 saturated carbocycles. The van der Waals surface area contributed by atoms with Gasteiger partial charge in [0.25, 0.3) is 0 Å². The van der Waals surface area contributed by atoms with E-state index < -0.39 is 15.9 Å². The molecule has 1 aliphatic rings. The normalized spacial score (nSPS) is 19.8. The van der Waals surface area contributed by atoms with Gasteiger partial charge in [-0.1, -0.05) is 6.07 Å². The second-order valence-corrected chi connectivity index (χ2v) is 7.87. The topological polar surface area (TPSA) is 86.7 Å². The van der Waals surface area contributed by atoms with E-state index in [2.05, 4.69) is 5.32 Å². The lowest BCUT2D eigenvalue weighted by Gasteiger charge is -2.30. The highest BCUT2D eigenvalue weighted by Gasteiger charge is 2.31. The molecule has 2 N–H and O–H groups in total. The summed E-state index contributed by atoms with van der Waals surface area (Å²) in [6.07, 6.45) is 1.31. The van der Waals surface area contributed by atoms with Gasteiger partial charge in [0.2, 0.25) is 15.9 Å². The summed E-state index contributed by atoms with van der Waals surface area (Å²) in [7, 11) is -3.27. The van der Waals surface area contributed by atoms with Crippen LogP contribution in [-0.4, -0.2) is 42.6 Å². The van der Waals surface area contributed by atoms with Crippen LogP contribution in [0.2, 0.25) is 0 Å². The lowest BCUT2D eigenvalue weighted by molar-refractivity contribution is -0.120. The first-order valence-electron chi connectivity index (χ1n) is 7.42. The Bertz CT molecular complexity index is 658. The van der Waals surface area contributed by atoms with Crippen LogP contribution in [0.5, 0.6) is 5.75 Å². The Morgan fingerprint density at radius 2 is 2.18 bits per heavy atom. The number of piperidine rings is 1. The third-order valence-electron chi connectivity index (χ3n) is 3.92. The van der Waals surface area contributed by atoms with Gasteiger partial charge in [-0.05, 0) is 44.4 Å². The Balaban J connectivity index is 2.08. The van der Waals surface area contributed by atoms with E-state index in [9.17, 15) is 18.3 Å². The molecule has 1 saturated heterocycles. The van der Waals surface area contributed by atoms with E-state index in [1.165, 1.54) is 10.4 Å². The second-order valence-electron chi connectivity index (χ2n) is 5.61. The largest absolute Gasteiger partial charge is 0.506 e. The number of nitrogens with zero attached hydrogens (tertiary/aromatic N) is 1. The molecule has 0 aliphatic carbocycles. The number of phenols is 1. The SMILES string of the molecule is CCS(=O)(=O)N1CCCC(C(=O)Nc2cc(C)ccc2O)C1. The van der Waals surface area contributed by atoms with Gasteiger partial charge in [0.05, 0.1) is 17.4 Å². The fourth-order valence-electron chi connectivity index (χ4n) is 2.58. The Morgan fingerprint density at radius 3 is 2.86 bits per heavy atom. The molecule has 1 amide bonds. The molecule has 1 unspecified atom stereocenters. The van der Waals surface area contributed by atoms with E-state index in [1.54, 1.807) is 19.1 Å². The minimum absolute atomic E-state index is 0.00722. The molecule has 0 radical (unpaired) electrons. The third kappa shape index (κ3) is 3.78. The first-order chi connectivity index (χ1) is 10.3. The van der Waals surface area contributed by atoms with Crippen molar-refractivity contribution in [3.8, 4) is 5.75 Å². The second kappa shape index (κ2) is 6.66. The summed E-state index contributed by atoms with van der Waals surface area (Å²) in [6.45, 7) is 4.14. The maximum absolute atomic E-state index is 12.3. The van der Waals surface area contributed by atoms with Crippen LogP contribution >= 0.6 is 0 Å². The van der Waals surface area contributed by atoms with Crippen molar-refractivity contribution in [3.05, 3.63) is 23.8 Å². The number of nitrogens with one attached hydrogen (secondary N) is 1. The molecule has 1 fully saturated rings. The number of aryl methyl sites for hydroxylation is 1. The van der Waals surface area contributed by atoms with Crippen LogP contribution < -0.4 is 5.32 Å². The number of hydrogen-bond donors (Lipinski definition) is 2. The van der Waals surface area contributed by atoms with Crippen molar-refractivity contribution in [1.82, 2.24) is 4.31 Å². The van der Waals surface area contributed by atoms with Crippen molar-refractivity contribution >= 4 is 21.6 Å². The van der Waals surface area contributed by atoms with Crippen molar-refractivity contribution in [2.75, 3.05) is 24.2 Å². The number of carbonyl (C=O) groups is 1. The lowest BCUT2D eigenvalue weighted by atomic mass is 9.98. The molecule has 7 heteroatoms. The first kappa shape index (κ1) is 16.8. The van der Waals surface area contributed by atoms with Crippen molar-refractivity contribution in [2.45, 2.75) is 26.7 Å². The van der Waals surface area contributed by atoms with Gasteiger partial charge in [-0.15, -0.1) is 0 Å². The highest BCUT2D eigenvalue weighted by Crippen LogP contribution is 2.26. The number of benzene rings is 1. The summed E-state index contributed by atoms with van der Waals surface area (Å²) in [6, 6.07) is 4.97. The van der Waals surface area contributed by atoms with Crippen LogP contribution in [-0.2, 0) is 14.8 Å². The zero-order valence-corrected chi connectivity index (χ0v) is 13.7. The van der Waals surface area contributed by atoms with E-state index in [0.717, 1.165) is 5.56 Å². The van der Waals surface area contributed by atoms with Crippen molar-refractivity contribution in [1.29, 1.82) is 0 Å². The summed E-state index contributed by atoms with van der Waals surface area (Å²) in [5.74, 6) is -0.598. The number of phenolic OH excluding ortho intramolecular Hbond substituents is 1. The number of amides is 1. The molecule has 1 heterocycles. The summed E-state index contributed by atoms with van der Waals surface area (Å²) < 4.78 is 25.3. The van der Waals surface area contributed by atoms with Crippen molar-refractivity contribution in [2.24, 2.45) is 5.92 Å². The highest BCUT2D eigenvalue weighted by molar-refractivity contribution is 7.89. The Kier molecular flexibility index (Phi) is 5.08. The number of rotatable bonds is 4. The van der Waals surface area contributed by atoms with Crippen LogP contribution in [0.1, 0.15) is 25.3 Å². The maximum Gasteiger partial charge on any atom is 0.228 e. The smallest absolute Gasteiger partial charge is 0.228 e. The highest BCUT2D eigenvalue weighted by atomic mass is 32.2. The Labute approximate surface area is 131 Å². The van der Waals surface area contributed by atoms with Gasteiger partial charge >= 0.3 is 0 Å². The molecule has 2 rings (SSSR count). The maximum atomic E-state index is 12.3. The molecular weight excluding hydrogens is 304 g/mol. The van der Waals surface area contributed by atoms with E-state index in [4.69, 9.17) is 0 Å². The van der Waals surface area contributed by atoms with Crippen LogP contribution in [0.3, 0.4) is 0 Å². The molecule has 22 heavy (non-hydrogen) atoms. The monoisotopic (exact) mass is 326 g/mol. The van der Waals surface area contributed by atoms with Gasteiger partial charge < -0.3 is 10.4 Å². The third-order valence-corrected chi connectivity index (χ3v) is 5.77. The predicted octanol–water partition coefficient (Wildman–Crippen LogP) is 1.70. The van der Waals surface area contributed by atoms with Gasteiger partial charge in [-0.2, -0.15) is 0 Å². The fourth-order valence-corrected chi connectivity index (χ4v) is 3.76. The zero-order chi connectivity index (χ0) is 16.3. The van der Waals surface area contributed by atoms with Crippen LogP contribution in [0.15, 0.2) is 18.2 Å². The summed E-state index contributed by atoms with van der Waals surface area (Å²) >= 11 is 0. The molecule has 0 bridgehead atoms. The van der Waals surface area contributed by atoms with Gasteiger partial charge in [-0.25, -0.2) is 12.7 Å². The summed E-state index contributed by atoms with van der Waals surface area (Å²) in [5, 5.41) is 12.5. The molecule has 1 atom stereocenters. The first-order valence-corrected chi connectivity index (χ1v) is 9.02. The lowest BCUT2D eigenvalue weighted by Crippen LogP contribution is -2.44. The molecule has 122 valence electrons. The predicted molar refractivity (Wildman–Crippen MR) is 85.2 cm³/mol. The standard InChI is InChI=1S/C15H22N2O4S/c1-3-22(20,21)17-8-4-5-12(10-17)15(19)16-13-9-11(2)6-7-14(13)18/h6-7,9,12,18H,3-5,8,10H2,1-2H3,(H,16,19). The molecule has 6 nitrogen and oxygen atoms in total. The number of sulfonamides is 1. The molecular formula is C15H22N2O4S. The summed E-state index contributed by atoms with van der Waals surface area (Å²) in [5.41, 5.74) is 1.28. The minimum Gasteiger partial charge on any atom is -0.506 e. The van der Waals surface area contributed by atoms with Gasteiger partial charge in [0, 0.05) is 13.1 Å². The number of anilines is 1. The Morgan fingerprint density at radius 1 is 1.45 bits per heavy atom. The van der Waals surface area contributed by atoms with E-state index in [-0.39, 0.29) is 24.0 Å². The van der Waals surface area contributed by atoms with Crippen LogP contribution in [0.25, 0.3) is 0 Å². The Hall–Kier alpha value is -1.60. The van der Waals surface area contributed by atoms with Crippen LogP contribution in [0, 0.1) is 12.8 Å². The number of carbonyl (C=O) groups excluding carboxylic acids is 1. The summed E-state index contributed by atoms with van der Waals surface area (Å²) in [4.78, 5) is 12.3. The molecule has 1 aliphatic heterocycles. The van der Waals surface area contributed by atoms with E-state index in [1.807, 2.05) is 6.92 Å². The quantitative estimate of drug-likeness (QED) is 0.825. The number of aromatic hydroxyl groups is 1. The van der Waals surface area contributed by atoms with Crippen molar-refractivity contribution in [3.63, 3.8) is 0 Å². The van der Waals surface area contributed by atoms with Crippen molar-refractivity contribution < 1.29 is 18.3 Å².